The Morgan fingerprint density at radius 3 is 2.35 bits per heavy atom. The van der Waals surface area contributed by atoms with Crippen LogP contribution < -0.4 is 5.32 Å². The smallest absolute Gasteiger partial charge is 0.249 e. The Bertz CT molecular complexity index is 756. The lowest BCUT2D eigenvalue weighted by Gasteiger charge is -2.08. The average molecular weight is 304 g/mol. The van der Waals surface area contributed by atoms with Crippen LogP contribution in [0.4, 0.5) is 5.69 Å². The number of anilines is 1. The maximum absolute atomic E-state index is 12.1. The highest BCUT2D eigenvalue weighted by Gasteiger charge is 2.24. The van der Waals surface area contributed by atoms with Gasteiger partial charge in [-0.2, -0.15) is 5.26 Å². The van der Waals surface area contributed by atoms with Gasteiger partial charge in [-0.05, 0) is 30.7 Å². The molecule has 23 heavy (non-hydrogen) atoms. The molecule has 0 heterocycles. The second-order valence-corrected chi connectivity index (χ2v) is 5.06. The number of allylic oxidation sites excluding steroid dienone is 1. The van der Waals surface area contributed by atoms with Crippen molar-refractivity contribution >= 4 is 23.5 Å². The van der Waals surface area contributed by atoms with Gasteiger partial charge in [-0.1, -0.05) is 54.1 Å². The average Bonchev–Trinajstić information content (AvgIpc) is 2.57. The predicted molar refractivity (Wildman–Crippen MR) is 89.4 cm³/mol. The monoisotopic (exact) mass is 304 g/mol. The molecule has 0 bridgehead atoms. The van der Waals surface area contributed by atoms with Gasteiger partial charge < -0.3 is 5.32 Å². The van der Waals surface area contributed by atoms with E-state index in [1.165, 1.54) is 6.08 Å². The minimum atomic E-state index is -1.36. The number of rotatable bonds is 5. The number of nitrogens with zero attached hydrogens (tertiary/aromatic N) is 1. The summed E-state index contributed by atoms with van der Waals surface area (Å²) in [6.45, 7) is 1.93. The Balaban J connectivity index is 2.05. The first-order valence-corrected chi connectivity index (χ1v) is 7.14. The summed E-state index contributed by atoms with van der Waals surface area (Å²) in [5.41, 5.74) is 2.44. The molecule has 2 rings (SSSR count). The van der Waals surface area contributed by atoms with Crippen molar-refractivity contribution in [2.24, 2.45) is 5.92 Å². The number of nitriles is 1. The van der Waals surface area contributed by atoms with Gasteiger partial charge in [0.1, 0.15) is 0 Å². The second kappa shape index (κ2) is 7.71. The zero-order chi connectivity index (χ0) is 16.7. The summed E-state index contributed by atoms with van der Waals surface area (Å²) in [7, 11) is 0. The van der Waals surface area contributed by atoms with Crippen molar-refractivity contribution < 1.29 is 9.59 Å². The molecule has 0 aliphatic rings. The van der Waals surface area contributed by atoms with Gasteiger partial charge in [-0.15, -0.1) is 0 Å². The lowest BCUT2D eigenvalue weighted by Crippen LogP contribution is -2.27. The number of carbonyl (C=O) groups excluding carboxylic acids is 2. The molecule has 0 aliphatic heterocycles. The lowest BCUT2D eigenvalue weighted by atomic mass is 10.0. The number of hydrogen-bond acceptors (Lipinski definition) is 3. The van der Waals surface area contributed by atoms with Gasteiger partial charge in [0.2, 0.25) is 5.91 Å². The molecule has 1 N–H and O–H groups in total. The Kier molecular flexibility index (Phi) is 5.43. The third kappa shape index (κ3) is 4.65. The maximum atomic E-state index is 12.1. The molecule has 1 atom stereocenters. The molecule has 2 aromatic rings. The fourth-order valence-electron chi connectivity index (χ4n) is 1.94. The van der Waals surface area contributed by atoms with Crippen molar-refractivity contribution in [3.63, 3.8) is 0 Å². The predicted octanol–water partition coefficient (Wildman–Crippen LogP) is 3.36. The number of amides is 1. The van der Waals surface area contributed by atoms with Crippen molar-refractivity contribution in [1.29, 1.82) is 5.26 Å². The van der Waals surface area contributed by atoms with Gasteiger partial charge in [0, 0.05) is 5.69 Å². The summed E-state index contributed by atoms with van der Waals surface area (Å²) in [6.07, 6.45) is 2.85. The molecule has 2 aromatic carbocycles. The molecule has 0 unspecified atom stereocenters. The maximum Gasteiger partial charge on any atom is 0.249 e. The van der Waals surface area contributed by atoms with Crippen molar-refractivity contribution in [2.45, 2.75) is 6.92 Å². The van der Waals surface area contributed by atoms with E-state index in [1.54, 1.807) is 24.3 Å². The Morgan fingerprint density at radius 1 is 1.09 bits per heavy atom. The van der Waals surface area contributed by atoms with E-state index in [0.717, 1.165) is 11.1 Å². The van der Waals surface area contributed by atoms with Crippen LogP contribution in [-0.4, -0.2) is 11.7 Å². The summed E-state index contributed by atoms with van der Waals surface area (Å²) in [5.74, 6) is -2.53. The molecule has 0 aromatic heterocycles. The van der Waals surface area contributed by atoms with Crippen LogP contribution in [0.15, 0.2) is 60.7 Å². The highest BCUT2D eigenvalue weighted by atomic mass is 16.2. The molecule has 4 heteroatoms. The molecule has 0 aliphatic carbocycles. The summed E-state index contributed by atoms with van der Waals surface area (Å²) in [4.78, 5) is 24.2. The largest absolute Gasteiger partial charge is 0.325 e. The first-order chi connectivity index (χ1) is 11.1. The van der Waals surface area contributed by atoms with E-state index in [9.17, 15) is 9.59 Å². The number of ketones is 1. The zero-order valence-electron chi connectivity index (χ0n) is 12.7. The molecule has 0 saturated carbocycles. The van der Waals surface area contributed by atoms with Crippen LogP contribution in [0.1, 0.15) is 11.1 Å². The van der Waals surface area contributed by atoms with Gasteiger partial charge >= 0.3 is 0 Å². The van der Waals surface area contributed by atoms with E-state index in [-0.39, 0.29) is 0 Å². The van der Waals surface area contributed by atoms with Crippen molar-refractivity contribution in [2.75, 3.05) is 5.32 Å². The molecular formula is C19H16N2O2. The molecule has 1 amide bonds. The number of carbonyl (C=O) groups is 2. The molecule has 4 nitrogen and oxygen atoms in total. The SMILES string of the molecule is Cc1ccc(NC(=O)[C@@H](C#N)C(=O)/C=C/c2ccccc2)cc1. The second-order valence-electron chi connectivity index (χ2n) is 5.06. The highest BCUT2D eigenvalue weighted by molar-refractivity contribution is 6.14. The van der Waals surface area contributed by atoms with E-state index in [2.05, 4.69) is 5.32 Å². The fourth-order valence-corrected chi connectivity index (χ4v) is 1.94. The van der Waals surface area contributed by atoms with Crippen molar-refractivity contribution in [1.82, 2.24) is 0 Å². The van der Waals surface area contributed by atoms with Crippen LogP contribution in [-0.2, 0) is 9.59 Å². The highest BCUT2D eigenvalue weighted by Crippen LogP contribution is 2.11. The van der Waals surface area contributed by atoms with Crippen LogP contribution in [0.3, 0.4) is 0 Å². The molecule has 0 radical (unpaired) electrons. The Labute approximate surface area is 135 Å². The molecule has 0 saturated heterocycles. The summed E-state index contributed by atoms with van der Waals surface area (Å²) in [6, 6.07) is 18.1. The first-order valence-electron chi connectivity index (χ1n) is 7.14. The van der Waals surface area contributed by atoms with Crippen molar-refractivity contribution in [3.05, 3.63) is 71.8 Å². The summed E-state index contributed by atoms with van der Waals surface area (Å²) >= 11 is 0. The van der Waals surface area contributed by atoms with Crippen LogP contribution in [0.2, 0.25) is 0 Å². The standard InChI is InChI=1S/C19H16N2O2/c1-14-7-10-16(11-8-14)21-19(23)17(13-20)18(22)12-9-15-5-3-2-4-6-15/h2-12,17H,1H3,(H,21,23)/b12-9+/t17-/m0/s1. The number of nitrogens with one attached hydrogen (secondary N) is 1. The van der Waals surface area contributed by atoms with E-state index in [0.29, 0.717) is 5.69 Å². The quantitative estimate of drug-likeness (QED) is 0.680. The number of aryl methyl sites for hydroxylation is 1. The van der Waals surface area contributed by atoms with Crippen LogP contribution in [0.5, 0.6) is 0 Å². The molecule has 0 fully saturated rings. The van der Waals surface area contributed by atoms with Crippen molar-refractivity contribution in [3.8, 4) is 6.07 Å². The van der Waals surface area contributed by atoms with Crippen LogP contribution in [0, 0.1) is 24.2 Å². The van der Waals surface area contributed by atoms with Gasteiger partial charge in [0.15, 0.2) is 11.7 Å². The minimum Gasteiger partial charge on any atom is -0.325 e. The van der Waals surface area contributed by atoms with Crippen LogP contribution >= 0.6 is 0 Å². The number of hydrogen-bond donors (Lipinski definition) is 1. The summed E-state index contributed by atoms with van der Waals surface area (Å²) in [5, 5.41) is 11.7. The third-order valence-electron chi connectivity index (χ3n) is 3.23. The Hall–Kier alpha value is -3.19. The molecule has 0 spiro atoms. The lowest BCUT2D eigenvalue weighted by molar-refractivity contribution is -0.126. The van der Waals surface area contributed by atoms with Crippen LogP contribution in [0.25, 0.3) is 6.08 Å². The first kappa shape index (κ1) is 16.2. The molecule has 114 valence electrons. The topological polar surface area (TPSA) is 70.0 Å². The zero-order valence-corrected chi connectivity index (χ0v) is 12.7. The van der Waals surface area contributed by atoms with Gasteiger partial charge in [0.25, 0.3) is 0 Å². The third-order valence-corrected chi connectivity index (χ3v) is 3.23. The van der Waals surface area contributed by atoms with Gasteiger partial charge in [0.05, 0.1) is 6.07 Å². The van der Waals surface area contributed by atoms with E-state index in [4.69, 9.17) is 5.26 Å². The van der Waals surface area contributed by atoms with E-state index >= 15 is 0 Å². The van der Waals surface area contributed by atoms with Gasteiger partial charge in [-0.3, -0.25) is 9.59 Å². The molecular weight excluding hydrogens is 288 g/mol. The Morgan fingerprint density at radius 2 is 1.74 bits per heavy atom. The fraction of sp³-hybridized carbons (Fsp3) is 0.105. The van der Waals surface area contributed by atoms with Gasteiger partial charge in [-0.25, -0.2) is 0 Å². The minimum absolute atomic E-state index is 0.541. The van der Waals surface area contributed by atoms with E-state index < -0.39 is 17.6 Å². The normalized spacial score (nSPS) is 11.7. The number of benzene rings is 2. The summed E-state index contributed by atoms with van der Waals surface area (Å²) < 4.78 is 0. The van der Waals surface area contributed by atoms with E-state index in [1.807, 2.05) is 49.4 Å².